The van der Waals surface area contributed by atoms with Crippen LogP contribution in [0.5, 0.6) is 5.75 Å². The Kier molecular flexibility index (Phi) is 3.74. The zero-order chi connectivity index (χ0) is 14.2. The summed E-state index contributed by atoms with van der Waals surface area (Å²) in [6.07, 6.45) is 4.56. The summed E-state index contributed by atoms with van der Waals surface area (Å²) >= 11 is 0. The Morgan fingerprint density at radius 2 is 2.15 bits per heavy atom. The molecule has 1 aromatic carbocycles. The SMILES string of the molecule is Cc1cc(C)c2c(c1)OC1(CC2)CCN(CCCN)C1. The van der Waals surface area contributed by atoms with Gasteiger partial charge < -0.3 is 10.5 Å². The number of aryl methyl sites for hydroxylation is 2. The molecule has 0 bridgehead atoms. The van der Waals surface area contributed by atoms with Crippen LogP contribution in [0.3, 0.4) is 0 Å². The third kappa shape index (κ3) is 2.57. The zero-order valence-corrected chi connectivity index (χ0v) is 12.7. The molecule has 110 valence electrons. The van der Waals surface area contributed by atoms with Crippen LogP contribution in [0.25, 0.3) is 0 Å². The number of nitrogens with two attached hydrogens (primary N) is 1. The van der Waals surface area contributed by atoms with Gasteiger partial charge >= 0.3 is 0 Å². The highest BCUT2D eigenvalue weighted by Gasteiger charge is 2.42. The van der Waals surface area contributed by atoms with Gasteiger partial charge in [-0.25, -0.2) is 0 Å². The van der Waals surface area contributed by atoms with Gasteiger partial charge in [0.15, 0.2) is 0 Å². The molecule has 0 saturated carbocycles. The largest absolute Gasteiger partial charge is 0.486 e. The molecule has 0 aromatic heterocycles. The number of hydrogen-bond donors (Lipinski definition) is 1. The van der Waals surface area contributed by atoms with Crippen LogP contribution in [-0.2, 0) is 6.42 Å². The molecule has 0 radical (unpaired) electrons. The highest BCUT2D eigenvalue weighted by molar-refractivity contribution is 5.45. The van der Waals surface area contributed by atoms with E-state index in [2.05, 4.69) is 30.9 Å². The third-order valence-corrected chi connectivity index (χ3v) is 4.81. The van der Waals surface area contributed by atoms with Crippen LogP contribution in [0.2, 0.25) is 0 Å². The molecular weight excluding hydrogens is 248 g/mol. The molecule has 0 amide bonds. The summed E-state index contributed by atoms with van der Waals surface area (Å²) in [5, 5.41) is 0. The van der Waals surface area contributed by atoms with Gasteiger partial charge in [0.1, 0.15) is 11.4 Å². The molecule has 1 aromatic rings. The Balaban J connectivity index is 1.75. The first kappa shape index (κ1) is 13.9. The van der Waals surface area contributed by atoms with Crippen LogP contribution >= 0.6 is 0 Å². The number of fused-ring (bicyclic) bond motifs is 1. The van der Waals surface area contributed by atoms with Gasteiger partial charge in [-0.1, -0.05) is 6.07 Å². The Hall–Kier alpha value is -1.06. The van der Waals surface area contributed by atoms with Crippen molar-refractivity contribution in [3.63, 3.8) is 0 Å². The lowest BCUT2D eigenvalue weighted by atomic mass is 9.88. The lowest BCUT2D eigenvalue weighted by molar-refractivity contribution is 0.0542. The average Bonchev–Trinajstić information content (AvgIpc) is 2.78. The van der Waals surface area contributed by atoms with E-state index in [1.165, 1.54) is 16.7 Å². The van der Waals surface area contributed by atoms with Crippen molar-refractivity contribution in [3.8, 4) is 5.75 Å². The van der Waals surface area contributed by atoms with E-state index in [0.29, 0.717) is 0 Å². The smallest absolute Gasteiger partial charge is 0.123 e. The molecule has 2 aliphatic heterocycles. The topological polar surface area (TPSA) is 38.5 Å². The van der Waals surface area contributed by atoms with Gasteiger partial charge in [0.2, 0.25) is 0 Å². The number of likely N-dealkylation sites (tertiary alicyclic amines) is 1. The van der Waals surface area contributed by atoms with E-state index >= 15 is 0 Å². The Bertz CT molecular complexity index is 500. The summed E-state index contributed by atoms with van der Waals surface area (Å²) in [5.41, 5.74) is 9.78. The van der Waals surface area contributed by atoms with Crippen LogP contribution in [0, 0.1) is 13.8 Å². The standard InChI is InChI=1S/C17H26N2O/c1-13-10-14(2)15-4-5-17(20-16(15)11-13)6-9-19(12-17)8-3-7-18/h10-11H,3-9,12,18H2,1-2H3. The van der Waals surface area contributed by atoms with Crippen molar-refractivity contribution in [2.75, 3.05) is 26.2 Å². The van der Waals surface area contributed by atoms with Crippen molar-refractivity contribution in [2.24, 2.45) is 5.73 Å². The Morgan fingerprint density at radius 1 is 1.30 bits per heavy atom. The molecule has 1 spiro atoms. The van der Waals surface area contributed by atoms with Crippen molar-refractivity contribution in [1.82, 2.24) is 4.90 Å². The molecule has 1 saturated heterocycles. The van der Waals surface area contributed by atoms with Gasteiger partial charge in [0, 0.05) is 19.5 Å². The lowest BCUT2D eigenvalue weighted by Gasteiger charge is -2.36. The molecule has 2 aliphatic rings. The second-order valence-electron chi connectivity index (χ2n) is 6.51. The lowest BCUT2D eigenvalue weighted by Crippen LogP contribution is -2.42. The van der Waals surface area contributed by atoms with Gasteiger partial charge in [-0.15, -0.1) is 0 Å². The van der Waals surface area contributed by atoms with Crippen molar-refractivity contribution < 1.29 is 4.74 Å². The molecule has 1 unspecified atom stereocenters. The van der Waals surface area contributed by atoms with Crippen LogP contribution in [0.4, 0.5) is 0 Å². The highest BCUT2D eigenvalue weighted by atomic mass is 16.5. The highest BCUT2D eigenvalue weighted by Crippen LogP contribution is 2.40. The molecule has 3 rings (SSSR count). The molecule has 2 heterocycles. The molecule has 1 atom stereocenters. The number of hydrogen-bond acceptors (Lipinski definition) is 3. The molecule has 20 heavy (non-hydrogen) atoms. The van der Waals surface area contributed by atoms with Crippen LogP contribution in [-0.4, -0.2) is 36.7 Å². The van der Waals surface area contributed by atoms with E-state index in [4.69, 9.17) is 10.5 Å². The first-order valence-electron chi connectivity index (χ1n) is 7.83. The zero-order valence-electron chi connectivity index (χ0n) is 12.7. The summed E-state index contributed by atoms with van der Waals surface area (Å²) in [6.45, 7) is 8.47. The number of ether oxygens (including phenoxy) is 1. The summed E-state index contributed by atoms with van der Waals surface area (Å²) in [7, 11) is 0. The first-order valence-corrected chi connectivity index (χ1v) is 7.83. The van der Waals surface area contributed by atoms with E-state index < -0.39 is 0 Å². The molecule has 3 nitrogen and oxygen atoms in total. The van der Waals surface area contributed by atoms with Gasteiger partial charge in [-0.05, 0) is 69.0 Å². The van der Waals surface area contributed by atoms with Crippen LogP contribution in [0.15, 0.2) is 12.1 Å². The van der Waals surface area contributed by atoms with Crippen molar-refractivity contribution in [3.05, 3.63) is 28.8 Å². The van der Waals surface area contributed by atoms with Crippen LogP contribution in [0.1, 0.15) is 36.0 Å². The minimum Gasteiger partial charge on any atom is -0.486 e. The predicted octanol–water partition coefficient (Wildman–Crippen LogP) is 2.42. The monoisotopic (exact) mass is 274 g/mol. The molecule has 2 N–H and O–H groups in total. The predicted molar refractivity (Wildman–Crippen MR) is 82.3 cm³/mol. The summed E-state index contributed by atoms with van der Waals surface area (Å²) in [4.78, 5) is 2.51. The number of benzene rings is 1. The average molecular weight is 274 g/mol. The molecule has 0 aliphatic carbocycles. The molecule has 1 fully saturated rings. The fourth-order valence-electron chi connectivity index (χ4n) is 3.73. The minimum atomic E-state index is 0.0574. The number of rotatable bonds is 3. The molecule has 3 heteroatoms. The van der Waals surface area contributed by atoms with Crippen molar-refractivity contribution in [2.45, 2.75) is 45.1 Å². The third-order valence-electron chi connectivity index (χ3n) is 4.81. The van der Waals surface area contributed by atoms with E-state index in [-0.39, 0.29) is 5.60 Å². The first-order chi connectivity index (χ1) is 9.62. The Morgan fingerprint density at radius 3 is 2.95 bits per heavy atom. The van der Waals surface area contributed by atoms with Crippen LogP contribution < -0.4 is 10.5 Å². The summed E-state index contributed by atoms with van der Waals surface area (Å²) in [6, 6.07) is 4.48. The van der Waals surface area contributed by atoms with Gasteiger partial charge in [0.05, 0.1) is 0 Å². The fourth-order valence-corrected chi connectivity index (χ4v) is 3.73. The van der Waals surface area contributed by atoms with E-state index in [1.54, 1.807) is 0 Å². The Labute approximate surface area is 122 Å². The molecular formula is C17H26N2O. The summed E-state index contributed by atoms with van der Waals surface area (Å²) in [5.74, 6) is 1.13. The van der Waals surface area contributed by atoms with E-state index in [9.17, 15) is 0 Å². The quantitative estimate of drug-likeness (QED) is 0.920. The fraction of sp³-hybridized carbons (Fsp3) is 0.647. The maximum Gasteiger partial charge on any atom is 0.123 e. The second-order valence-corrected chi connectivity index (χ2v) is 6.51. The summed E-state index contributed by atoms with van der Waals surface area (Å²) < 4.78 is 6.48. The van der Waals surface area contributed by atoms with E-state index in [1.807, 2.05) is 0 Å². The minimum absolute atomic E-state index is 0.0574. The normalized spacial score (nSPS) is 25.8. The maximum absolute atomic E-state index is 6.48. The maximum atomic E-state index is 6.48. The van der Waals surface area contributed by atoms with Gasteiger partial charge in [-0.2, -0.15) is 0 Å². The van der Waals surface area contributed by atoms with E-state index in [0.717, 1.165) is 57.6 Å². The van der Waals surface area contributed by atoms with Gasteiger partial charge in [0.25, 0.3) is 0 Å². The van der Waals surface area contributed by atoms with Crippen molar-refractivity contribution >= 4 is 0 Å². The van der Waals surface area contributed by atoms with Crippen molar-refractivity contribution in [1.29, 1.82) is 0 Å². The van der Waals surface area contributed by atoms with Gasteiger partial charge in [-0.3, -0.25) is 4.90 Å². The number of nitrogens with zero attached hydrogens (tertiary/aromatic N) is 1. The second kappa shape index (κ2) is 5.38.